The van der Waals surface area contributed by atoms with Crippen LogP contribution in [-0.2, 0) is 0 Å². The van der Waals surface area contributed by atoms with Gasteiger partial charge in [0.05, 0.1) is 6.61 Å². The van der Waals surface area contributed by atoms with E-state index in [-0.39, 0.29) is 5.75 Å². The van der Waals surface area contributed by atoms with Gasteiger partial charge in [0.1, 0.15) is 3.70 Å². The molecule has 0 aromatic carbocycles. The Hall–Kier alpha value is -0.520. The summed E-state index contributed by atoms with van der Waals surface area (Å²) in [5.74, 6) is 0.424. The summed E-state index contributed by atoms with van der Waals surface area (Å²) in [6.45, 7) is 2.59. The van der Waals surface area contributed by atoms with E-state index in [1.165, 1.54) is 0 Å². The molecule has 0 spiro atoms. The van der Waals surface area contributed by atoms with Gasteiger partial charge in [-0.25, -0.2) is 4.98 Å². The lowest BCUT2D eigenvalue weighted by Gasteiger charge is -2.04. The van der Waals surface area contributed by atoms with Crippen molar-refractivity contribution in [2.45, 2.75) is 13.3 Å². The maximum absolute atomic E-state index is 9.27. The molecule has 0 aliphatic rings. The van der Waals surface area contributed by atoms with Crippen LogP contribution in [0.4, 0.5) is 0 Å². The molecular formula is C8H10INO2. The van der Waals surface area contributed by atoms with Gasteiger partial charge >= 0.3 is 0 Å². The van der Waals surface area contributed by atoms with Crippen LogP contribution in [0.5, 0.6) is 11.6 Å². The molecule has 1 heterocycles. The van der Waals surface area contributed by atoms with Gasteiger partial charge in [0.25, 0.3) is 5.88 Å². The van der Waals surface area contributed by atoms with Crippen molar-refractivity contribution in [1.29, 1.82) is 0 Å². The first-order valence-electron chi connectivity index (χ1n) is 3.72. The lowest BCUT2D eigenvalue weighted by molar-refractivity contribution is 0.286. The smallest absolute Gasteiger partial charge is 0.257 e. The summed E-state index contributed by atoms with van der Waals surface area (Å²) < 4.78 is 6.02. The SMILES string of the molecule is CCCOc1nc(I)ccc1O. The Kier molecular flexibility index (Phi) is 3.58. The van der Waals surface area contributed by atoms with Gasteiger partial charge in [-0.3, -0.25) is 0 Å². The van der Waals surface area contributed by atoms with Crippen molar-refractivity contribution < 1.29 is 9.84 Å². The highest BCUT2D eigenvalue weighted by atomic mass is 127. The average molecular weight is 279 g/mol. The van der Waals surface area contributed by atoms with Crippen molar-refractivity contribution in [3.05, 3.63) is 15.8 Å². The summed E-state index contributed by atoms with van der Waals surface area (Å²) in [6, 6.07) is 3.31. The molecule has 0 saturated carbocycles. The Morgan fingerprint density at radius 3 is 3.00 bits per heavy atom. The number of aromatic nitrogens is 1. The molecule has 0 radical (unpaired) electrons. The molecule has 1 N–H and O–H groups in total. The Bertz CT molecular complexity index is 265. The average Bonchev–Trinajstić information content (AvgIpc) is 2.07. The molecule has 0 bridgehead atoms. The van der Waals surface area contributed by atoms with Gasteiger partial charge in [0.2, 0.25) is 0 Å². The molecule has 1 aromatic rings. The molecule has 3 nitrogen and oxygen atoms in total. The van der Waals surface area contributed by atoms with Gasteiger partial charge in [-0.15, -0.1) is 0 Å². The number of pyridine rings is 1. The highest BCUT2D eigenvalue weighted by Gasteiger charge is 2.03. The zero-order chi connectivity index (χ0) is 8.97. The van der Waals surface area contributed by atoms with Crippen molar-refractivity contribution in [1.82, 2.24) is 4.98 Å². The molecule has 12 heavy (non-hydrogen) atoms. The molecule has 0 atom stereocenters. The Balaban J connectivity index is 2.75. The molecule has 4 heteroatoms. The van der Waals surface area contributed by atoms with Gasteiger partial charge in [0, 0.05) is 0 Å². The first-order chi connectivity index (χ1) is 5.74. The standard InChI is InChI=1S/C8H10INO2/c1-2-5-12-8-6(11)3-4-7(9)10-8/h3-4,11H,2,5H2,1H3. The highest BCUT2D eigenvalue weighted by molar-refractivity contribution is 14.1. The number of nitrogens with zero attached hydrogens (tertiary/aromatic N) is 1. The van der Waals surface area contributed by atoms with E-state index in [9.17, 15) is 5.11 Å². The first-order valence-corrected chi connectivity index (χ1v) is 4.80. The van der Waals surface area contributed by atoms with Crippen molar-refractivity contribution >= 4 is 22.6 Å². The third kappa shape index (κ3) is 2.51. The summed E-state index contributed by atoms with van der Waals surface area (Å²) in [5, 5.41) is 9.27. The second kappa shape index (κ2) is 4.49. The molecule has 0 unspecified atom stereocenters. The summed E-state index contributed by atoms with van der Waals surface area (Å²) >= 11 is 2.07. The highest BCUT2D eigenvalue weighted by Crippen LogP contribution is 2.23. The number of rotatable bonds is 3. The first kappa shape index (κ1) is 9.57. The van der Waals surface area contributed by atoms with Gasteiger partial charge in [-0.2, -0.15) is 0 Å². The molecule has 66 valence electrons. The van der Waals surface area contributed by atoms with E-state index >= 15 is 0 Å². The lowest BCUT2D eigenvalue weighted by Crippen LogP contribution is -1.98. The number of hydrogen-bond acceptors (Lipinski definition) is 3. The Morgan fingerprint density at radius 2 is 2.33 bits per heavy atom. The summed E-state index contributed by atoms with van der Waals surface area (Å²) in [5.41, 5.74) is 0. The van der Waals surface area contributed by atoms with E-state index in [0.29, 0.717) is 12.5 Å². The predicted octanol–water partition coefficient (Wildman–Crippen LogP) is 2.18. The van der Waals surface area contributed by atoms with Crippen LogP contribution >= 0.6 is 22.6 Å². The van der Waals surface area contributed by atoms with Crippen LogP contribution in [0.15, 0.2) is 12.1 Å². The molecule has 0 saturated heterocycles. The maximum atomic E-state index is 9.27. The van der Waals surface area contributed by atoms with Gasteiger partial charge in [0.15, 0.2) is 5.75 Å². The minimum Gasteiger partial charge on any atom is -0.503 e. The van der Waals surface area contributed by atoms with Crippen LogP contribution in [0, 0.1) is 3.70 Å². The second-order valence-corrected chi connectivity index (χ2v) is 3.41. The molecule has 0 fully saturated rings. The lowest BCUT2D eigenvalue weighted by atomic mass is 10.4. The number of ether oxygens (including phenoxy) is 1. The third-order valence-corrected chi connectivity index (χ3v) is 1.85. The third-order valence-electron chi connectivity index (χ3n) is 1.25. The normalized spacial score (nSPS) is 9.83. The maximum Gasteiger partial charge on any atom is 0.257 e. The van der Waals surface area contributed by atoms with Crippen LogP contribution < -0.4 is 4.74 Å². The fourth-order valence-electron chi connectivity index (χ4n) is 0.715. The molecule has 0 aliphatic carbocycles. The van der Waals surface area contributed by atoms with Gasteiger partial charge in [-0.05, 0) is 41.1 Å². The van der Waals surface area contributed by atoms with Crippen molar-refractivity contribution in [3.63, 3.8) is 0 Å². The van der Waals surface area contributed by atoms with E-state index < -0.39 is 0 Å². The van der Waals surface area contributed by atoms with Crippen molar-refractivity contribution in [2.24, 2.45) is 0 Å². The largest absolute Gasteiger partial charge is 0.503 e. The van der Waals surface area contributed by atoms with E-state index in [4.69, 9.17) is 4.74 Å². The zero-order valence-corrected chi connectivity index (χ0v) is 8.91. The van der Waals surface area contributed by atoms with Crippen LogP contribution in [-0.4, -0.2) is 16.7 Å². The van der Waals surface area contributed by atoms with Gasteiger partial charge in [-0.1, -0.05) is 6.92 Å². The number of halogens is 1. The summed E-state index contributed by atoms with van der Waals surface area (Å²) in [6.07, 6.45) is 0.909. The zero-order valence-electron chi connectivity index (χ0n) is 6.75. The fraction of sp³-hybridized carbons (Fsp3) is 0.375. The Labute approximate surface area is 84.9 Å². The molecule has 0 amide bonds. The monoisotopic (exact) mass is 279 g/mol. The molecular weight excluding hydrogens is 269 g/mol. The molecule has 1 aromatic heterocycles. The van der Waals surface area contributed by atoms with E-state index in [2.05, 4.69) is 27.6 Å². The van der Waals surface area contributed by atoms with E-state index in [1.54, 1.807) is 12.1 Å². The van der Waals surface area contributed by atoms with Crippen molar-refractivity contribution in [3.8, 4) is 11.6 Å². The topological polar surface area (TPSA) is 42.4 Å². The number of hydrogen-bond donors (Lipinski definition) is 1. The van der Waals surface area contributed by atoms with E-state index in [1.807, 2.05) is 6.92 Å². The van der Waals surface area contributed by atoms with Crippen LogP contribution in [0.25, 0.3) is 0 Å². The quantitative estimate of drug-likeness (QED) is 0.681. The minimum absolute atomic E-state index is 0.101. The van der Waals surface area contributed by atoms with Gasteiger partial charge < -0.3 is 9.84 Å². The summed E-state index contributed by atoms with van der Waals surface area (Å²) in [4.78, 5) is 4.02. The number of aromatic hydroxyl groups is 1. The van der Waals surface area contributed by atoms with Crippen LogP contribution in [0.1, 0.15) is 13.3 Å². The second-order valence-electron chi connectivity index (χ2n) is 2.31. The predicted molar refractivity (Wildman–Crippen MR) is 54.4 cm³/mol. The fourth-order valence-corrected chi connectivity index (χ4v) is 1.11. The summed E-state index contributed by atoms with van der Waals surface area (Å²) in [7, 11) is 0. The molecule has 1 rings (SSSR count). The minimum atomic E-state index is 0.101. The van der Waals surface area contributed by atoms with E-state index in [0.717, 1.165) is 10.1 Å². The Morgan fingerprint density at radius 1 is 1.58 bits per heavy atom. The van der Waals surface area contributed by atoms with Crippen LogP contribution in [0.2, 0.25) is 0 Å². The van der Waals surface area contributed by atoms with Crippen molar-refractivity contribution in [2.75, 3.05) is 6.61 Å². The molecule has 0 aliphatic heterocycles. The van der Waals surface area contributed by atoms with Crippen LogP contribution in [0.3, 0.4) is 0 Å².